The minimum absolute atomic E-state index is 0.153. The minimum Gasteiger partial charge on any atom is -0.507 e. The topological polar surface area (TPSA) is 90.9 Å². The molecule has 0 radical (unpaired) electrons. The van der Waals surface area contributed by atoms with Crippen LogP contribution in [0.25, 0.3) is 22.3 Å². The Hall–Kier alpha value is -2.67. The van der Waals surface area contributed by atoms with Crippen molar-refractivity contribution < 1.29 is 9.90 Å². The number of H-pyrrole nitrogens is 1. The van der Waals surface area contributed by atoms with E-state index in [4.69, 9.17) is 0 Å². The van der Waals surface area contributed by atoms with E-state index in [0.29, 0.717) is 16.9 Å². The third-order valence-electron chi connectivity index (χ3n) is 4.45. The van der Waals surface area contributed by atoms with E-state index in [1.54, 1.807) is 18.2 Å². The van der Waals surface area contributed by atoms with Crippen LogP contribution in [0.2, 0.25) is 0 Å². The molecule has 0 atom stereocenters. The molecule has 0 unspecified atom stereocenters. The summed E-state index contributed by atoms with van der Waals surface area (Å²) in [6, 6.07) is 8.87. The van der Waals surface area contributed by atoms with E-state index in [1.807, 2.05) is 12.1 Å². The molecule has 4 rings (SSSR count). The van der Waals surface area contributed by atoms with E-state index in [2.05, 4.69) is 43.0 Å². The number of amides is 1. The van der Waals surface area contributed by atoms with Crippen LogP contribution < -0.4 is 5.32 Å². The number of phenols is 1. The monoisotopic (exact) mass is 398 g/mol. The van der Waals surface area contributed by atoms with Crippen LogP contribution in [0.15, 0.2) is 47.5 Å². The Kier molecular flexibility index (Phi) is 3.61. The molecular formula is C18H15BrN4O2. The zero-order valence-corrected chi connectivity index (χ0v) is 14.8. The highest BCUT2D eigenvalue weighted by molar-refractivity contribution is 9.10. The first-order chi connectivity index (χ1) is 12.0. The summed E-state index contributed by atoms with van der Waals surface area (Å²) in [7, 11) is 0. The van der Waals surface area contributed by atoms with Gasteiger partial charge >= 0.3 is 0 Å². The Morgan fingerprint density at radius 1 is 1.36 bits per heavy atom. The number of carbonyl (C=O) groups excluding carboxylic acids is 1. The first-order valence-electron chi connectivity index (χ1n) is 7.82. The summed E-state index contributed by atoms with van der Waals surface area (Å²) < 4.78 is 0.843. The van der Waals surface area contributed by atoms with E-state index < -0.39 is 5.54 Å². The van der Waals surface area contributed by atoms with Crippen LogP contribution in [0, 0.1) is 0 Å². The molecule has 3 N–H and O–H groups in total. The average Bonchev–Trinajstić information content (AvgIpc) is 3.32. The van der Waals surface area contributed by atoms with Crippen molar-refractivity contribution in [1.29, 1.82) is 0 Å². The molecule has 1 saturated carbocycles. The number of halogens is 1. The summed E-state index contributed by atoms with van der Waals surface area (Å²) in [5.41, 5.74) is 2.28. The maximum atomic E-state index is 11.7. The molecule has 2 heterocycles. The lowest BCUT2D eigenvalue weighted by molar-refractivity contribution is -0.117. The van der Waals surface area contributed by atoms with Gasteiger partial charge in [-0.25, -0.2) is 0 Å². The summed E-state index contributed by atoms with van der Waals surface area (Å²) in [6.45, 7) is 3.50. The molecule has 1 aromatic carbocycles. The van der Waals surface area contributed by atoms with Crippen LogP contribution >= 0.6 is 15.9 Å². The van der Waals surface area contributed by atoms with Crippen molar-refractivity contribution in [2.75, 3.05) is 0 Å². The molecular weight excluding hydrogens is 384 g/mol. The molecule has 7 heteroatoms. The molecule has 6 nitrogen and oxygen atoms in total. The SMILES string of the molecule is C=CC(=O)NC1(c2[nH]c3nnc(-c4ccccc4O)cc3c2Br)CC1. The number of aromatic nitrogens is 3. The second kappa shape index (κ2) is 5.70. The molecule has 0 bridgehead atoms. The standard InChI is InChI=1S/C18H15BrN4O2/c1-2-14(25)21-18(7-8-18)16-15(19)11-9-12(22-23-17(11)20-16)10-5-3-4-6-13(10)24/h2-6,9,24H,1,7-8H2,(H,20,23)(H,21,25). The fraction of sp³-hybridized carbons (Fsp3) is 0.167. The lowest BCUT2D eigenvalue weighted by atomic mass is 10.1. The Morgan fingerprint density at radius 3 is 2.80 bits per heavy atom. The van der Waals surface area contributed by atoms with Gasteiger partial charge in [0.05, 0.1) is 21.4 Å². The quantitative estimate of drug-likeness (QED) is 0.587. The van der Waals surface area contributed by atoms with Gasteiger partial charge in [-0.05, 0) is 53.0 Å². The number of aromatic hydroxyl groups is 1. The number of nitrogens with zero attached hydrogens (tertiary/aromatic N) is 2. The predicted octanol–water partition coefficient (Wildman–Crippen LogP) is 3.38. The number of hydrogen-bond acceptors (Lipinski definition) is 4. The Labute approximate surface area is 152 Å². The van der Waals surface area contributed by atoms with Crippen molar-refractivity contribution in [3.8, 4) is 17.0 Å². The maximum Gasteiger partial charge on any atom is 0.244 e. The van der Waals surface area contributed by atoms with Gasteiger partial charge in [0.25, 0.3) is 0 Å². The van der Waals surface area contributed by atoms with Crippen molar-refractivity contribution in [3.63, 3.8) is 0 Å². The first-order valence-corrected chi connectivity index (χ1v) is 8.62. The van der Waals surface area contributed by atoms with Gasteiger partial charge in [0, 0.05) is 10.9 Å². The van der Waals surface area contributed by atoms with Gasteiger partial charge in [-0.15, -0.1) is 10.2 Å². The molecule has 126 valence electrons. The van der Waals surface area contributed by atoms with Crippen LogP contribution in [0.4, 0.5) is 0 Å². The molecule has 0 aliphatic heterocycles. The molecule has 25 heavy (non-hydrogen) atoms. The third kappa shape index (κ3) is 2.60. The molecule has 1 aliphatic carbocycles. The normalized spacial score (nSPS) is 15.1. The highest BCUT2D eigenvalue weighted by Crippen LogP contribution is 2.49. The highest BCUT2D eigenvalue weighted by atomic mass is 79.9. The van der Waals surface area contributed by atoms with E-state index in [9.17, 15) is 9.90 Å². The molecule has 3 aromatic rings. The van der Waals surface area contributed by atoms with Crippen LogP contribution in [-0.2, 0) is 10.3 Å². The Balaban J connectivity index is 1.80. The van der Waals surface area contributed by atoms with Crippen LogP contribution in [0.5, 0.6) is 5.75 Å². The summed E-state index contributed by atoms with van der Waals surface area (Å²) in [4.78, 5) is 15.0. The molecule has 1 fully saturated rings. The highest BCUT2D eigenvalue weighted by Gasteiger charge is 2.48. The van der Waals surface area contributed by atoms with E-state index >= 15 is 0 Å². The number of para-hydroxylation sites is 1. The van der Waals surface area contributed by atoms with E-state index in [0.717, 1.165) is 28.4 Å². The number of fused-ring (bicyclic) bond motifs is 1. The minimum atomic E-state index is -0.417. The zero-order chi connectivity index (χ0) is 17.6. The predicted molar refractivity (Wildman–Crippen MR) is 97.9 cm³/mol. The summed E-state index contributed by atoms with van der Waals surface area (Å²) in [6.07, 6.45) is 2.96. The van der Waals surface area contributed by atoms with Crippen LogP contribution in [-0.4, -0.2) is 26.2 Å². The molecule has 0 saturated heterocycles. The van der Waals surface area contributed by atoms with E-state index in [-0.39, 0.29) is 11.7 Å². The number of benzene rings is 1. The van der Waals surface area contributed by atoms with Crippen LogP contribution in [0.3, 0.4) is 0 Å². The smallest absolute Gasteiger partial charge is 0.244 e. The van der Waals surface area contributed by atoms with Gasteiger partial charge in [-0.1, -0.05) is 18.7 Å². The zero-order valence-electron chi connectivity index (χ0n) is 13.2. The van der Waals surface area contributed by atoms with Gasteiger partial charge < -0.3 is 15.4 Å². The van der Waals surface area contributed by atoms with Gasteiger partial charge in [0.1, 0.15) is 5.75 Å². The van der Waals surface area contributed by atoms with Crippen molar-refractivity contribution in [3.05, 3.63) is 53.2 Å². The summed E-state index contributed by atoms with van der Waals surface area (Å²) >= 11 is 3.63. The van der Waals surface area contributed by atoms with E-state index in [1.165, 1.54) is 6.08 Å². The number of phenolic OH excluding ortho intramolecular Hbond substituents is 1. The third-order valence-corrected chi connectivity index (χ3v) is 5.27. The number of aromatic amines is 1. The second-order valence-corrected chi connectivity index (χ2v) is 6.89. The van der Waals surface area contributed by atoms with Gasteiger partial charge in [0.15, 0.2) is 5.65 Å². The first kappa shape index (κ1) is 15.8. The second-order valence-electron chi connectivity index (χ2n) is 6.10. The van der Waals surface area contributed by atoms with Crippen LogP contribution in [0.1, 0.15) is 18.5 Å². The lowest BCUT2D eigenvalue weighted by Gasteiger charge is -2.15. The fourth-order valence-corrected chi connectivity index (χ4v) is 3.74. The van der Waals surface area contributed by atoms with Crippen molar-refractivity contribution in [2.45, 2.75) is 18.4 Å². The van der Waals surface area contributed by atoms with Crippen molar-refractivity contribution >= 4 is 32.9 Å². The molecule has 1 aliphatic rings. The van der Waals surface area contributed by atoms with Crippen molar-refractivity contribution in [1.82, 2.24) is 20.5 Å². The van der Waals surface area contributed by atoms with Gasteiger partial charge in [-0.2, -0.15) is 0 Å². The number of hydrogen-bond donors (Lipinski definition) is 3. The lowest BCUT2D eigenvalue weighted by Crippen LogP contribution is -2.34. The maximum absolute atomic E-state index is 11.7. The Bertz CT molecular complexity index is 1010. The molecule has 0 spiro atoms. The number of nitrogens with one attached hydrogen (secondary N) is 2. The van der Waals surface area contributed by atoms with Gasteiger partial charge in [0.2, 0.25) is 5.91 Å². The molecule has 1 amide bonds. The average molecular weight is 399 g/mol. The summed E-state index contributed by atoms with van der Waals surface area (Å²) in [5.74, 6) is -0.0519. The number of rotatable bonds is 4. The fourth-order valence-electron chi connectivity index (χ4n) is 2.96. The van der Waals surface area contributed by atoms with Gasteiger partial charge in [-0.3, -0.25) is 4.79 Å². The summed E-state index contributed by atoms with van der Waals surface area (Å²) in [5, 5.41) is 22.3. The molecule has 2 aromatic heterocycles. The largest absolute Gasteiger partial charge is 0.507 e. The van der Waals surface area contributed by atoms with Crippen molar-refractivity contribution in [2.24, 2.45) is 0 Å². The Morgan fingerprint density at radius 2 is 2.12 bits per heavy atom. The number of carbonyl (C=O) groups is 1.